The van der Waals surface area contributed by atoms with E-state index >= 15 is 0 Å². The Hall–Kier alpha value is -2.21. The molecule has 116 valence electrons. The van der Waals surface area contributed by atoms with Crippen LogP contribution in [-0.2, 0) is 4.74 Å². The van der Waals surface area contributed by atoms with Crippen molar-refractivity contribution in [3.8, 4) is 0 Å². The molecule has 0 aliphatic carbocycles. The quantitative estimate of drug-likeness (QED) is 0.694. The maximum Gasteiger partial charge on any atom is 0.340 e. The van der Waals surface area contributed by atoms with E-state index in [2.05, 4.69) is 29.9 Å². The van der Waals surface area contributed by atoms with Gasteiger partial charge in [-0.3, -0.25) is 4.98 Å². The van der Waals surface area contributed by atoms with Crippen LogP contribution in [0.2, 0.25) is 19.6 Å². The molecule has 0 atom stereocenters. The molecule has 0 amide bonds. The first-order chi connectivity index (χ1) is 10.3. The number of hydrogen-bond donors (Lipinski definition) is 1. The molecular weight excluding hydrogens is 299 g/mol. The number of anilines is 2. The molecule has 0 fully saturated rings. The molecule has 6 heteroatoms. The molecule has 0 saturated carbocycles. The van der Waals surface area contributed by atoms with Gasteiger partial charge < -0.3 is 10.1 Å². The molecule has 0 bridgehead atoms. The number of nitrogens with one attached hydrogen (secondary N) is 1. The van der Waals surface area contributed by atoms with E-state index in [9.17, 15) is 9.18 Å². The van der Waals surface area contributed by atoms with Crippen LogP contribution in [0.1, 0.15) is 10.4 Å². The van der Waals surface area contributed by atoms with Gasteiger partial charge in [-0.25, -0.2) is 9.18 Å². The first-order valence-corrected chi connectivity index (χ1v) is 10.4. The molecule has 0 saturated heterocycles. The predicted molar refractivity (Wildman–Crippen MR) is 88.2 cm³/mol. The highest BCUT2D eigenvalue weighted by Gasteiger charge is 2.19. The molecule has 0 spiro atoms. The monoisotopic (exact) mass is 318 g/mol. The zero-order valence-corrected chi connectivity index (χ0v) is 14.1. The van der Waals surface area contributed by atoms with Gasteiger partial charge >= 0.3 is 5.97 Å². The van der Waals surface area contributed by atoms with Crippen molar-refractivity contribution in [3.05, 3.63) is 48.0 Å². The largest absolute Gasteiger partial charge is 0.465 e. The summed E-state index contributed by atoms with van der Waals surface area (Å²) in [5.74, 6) is -0.844. The molecule has 4 nitrogen and oxygen atoms in total. The lowest BCUT2D eigenvalue weighted by Crippen LogP contribution is -2.37. The summed E-state index contributed by atoms with van der Waals surface area (Å²) in [7, 11) is -0.267. The molecule has 1 aromatic carbocycles. The van der Waals surface area contributed by atoms with E-state index in [0.717, 1.165) is 5.19 Å². The van der Waals surface area contributed by atoms with Gasteiger partial charge in [0, 0.05) is 6.20 Å². The van der Waals surface area contributed by atoms with Crippen molar-refractivity contribution in [2.24, 2.45) is 0 Å². The third-order valence-corrected chi connectivity index (χ3v) is 5.37. The summed E-state index contributed by atoms with van der Waals surface area (Å²) < 4.78 is 19.0. The second-order valence-electron chi connectivity index (χ2n) is 5.98. The van der Waals surface area contributed by atoms with Crippen LogP contribution in [0.5, 0.6) is 0 Å². The minimum atomic E-state index is -1.57. The number of nitrogens with zero attached hydrogens (tertiary/aromatic N) is 1. The maximum atomic E-state index is 14.3. The lowest BCUT2D eigenvalue weighted by atomic mass is 10.2. The van der Waals surface area contributed by atoms with Crippen molar-refractivity contribution < 1.29 is 13.9 Å². The van der Waals surface area contributed by atoms with Gasteiger partial charge in [0.25, 0.3) is 0 Å². The topological polar surface area (TPSA) is 51.2 Å². The molecule has 1 N–H and O–H groups in total. The third kappa shape index (κ3) is 3.51. The Balaban J connectivity index is 2.34. The van der Waals surface area contributed by atoms with E-state index < -0.39 is 14.0 Å². The molecule has 1 aromatic heterocycles. The van der Waals surface area contributed by atoms with Gasteiger partial charge in [-0.15, -0.1) is 0 Å². The number of carbonyl (C=O) groups is 1. The summed E-state index contributed by atoms with van der Waals surface area (Å²) in [6.07, 6.45) is 2.96. The van der Waals surface area contributed by atoms with Crippen LogP contribution >= 0.6 is 0 Å². The van der Waals surface area contributed by atoms with E-state index in [4.69, 9.17) is 4.74 Å². The number of ether oxygens (including phenoxy) is 1. The van der Waals surface area contributed by atoms with Gasteiger partial charge in [0.05, 0.1) is 38.3 Å². The Morgan fingerprint density at radius 1 is 1.23 bits per heavy atom. The van der Waals surface area contributed by atoms with E-state index in [1.165, 1.54) is 25.6 Å². The zero-order valence-electron chi connectivity index (χ0n) is 13.1. The molecule has 0 unspecified atom stereocenters. The molecule has 2 aromatic rings. The first-order valence-electron chi connectivity index (χ1n) is 6.92. The van der Waals surface area contributed by atoms with Crippen molar-refractivity contribution in [1.29, 1.82) is 0 Å². The Bertz CT molecular complexity index is 699. The fraction of sp³-hybridized carbons (Fsp3) is 0.250. The van der Waals surface area contributed by atoms with E-state index in [1.54, 1.807) is 12.1 Å². The Morgan fingerprint density at radius 2 is 1.95 bits per heavy atom. The van der Waals surface area contributed by atoms with Crippen molar-refractivity contribution in [1.82, 2.24) is 4.98 Å². The van der Waals surface area contributed by atoms with Crippen LogP contribution in [0.25, 0.3) is 0 Å². The highest BCUT2D eigenvalue weighted by Crippen LogP contribution is 2.23. The number of esters is 1. The molecule has 0 aliphatic rings. The molecule has 1 heterocycles. The van der Waals surface area contributed by atoms with Crippen molar-refractivity contribution in [3.63, 3.8) is 0 Å². The van der Waals surface area contributed by atoms with Crippen molar-refractivity contribution in [2.45, 2.75) is 19.6 Å². The van der Waals surface area contributed by atoms with Gasteiger partial charge in [-0.2, -0.15) is 0 Å². The summed E-state index contributed by atoms with van der Waals surface area (Å²) in [5.41, 5.74) is 1.03. The minimum Gasteiger partial charge on any atom is -0.465 e. The molecular formula is C16H19FN2O2Si. The molecule has 0 aliphatic heterocycles. The van der Waals surface area contributed by atoms with Crippen LogP contribution in [0.4, 0.5) is 15.8 Å². The molecule has 2 rings (SSSR count). The summed E-state index contributed by atoms with van der Waals surface area (Å²) >= 11 is 0. The number of halogens is 1. The van der Waals surface area contributed by atoms with E-state index in [0.29, 0.717) is 16.9 Å². The predicted octanol–water partition coefficient (Wildman–Crippen LogP) is 3.30. The second kappa shape index (κ2) is 6.27. The average molecular weight is 318 g/mol. The van der Waals surface area contributed by atoms with E-state index in [-0.39, 0.29) is 5.82 Å². The number of aromatic nitrogens is 1. The number of pyridine rings is 1. The number of hydrogen-bond acceptors (Lipinski definition) is 4. The van der Waals surface area contributed by atoms with Gasteiger partial charge in [0.1, 0.15) is 5.82 Å². The normalized spacial score (nSPS) is 11.1. The summed E-state index contributed by atoms with van der Waals surface area (Å²) in [6, 6.07) is 6.70. The van der Waals surface area contributed by atoms with Crippen molar-refractivity contribution in [2.75, 3.05) is 12.4 Å². The van der Waals surface area contributed by atoms with Gasteiger partial charge in [0.2, 0.25) is 0 Å². The highest BCUT2D eigenvalue weighted by atomic mass is 28.3. The minimum absolute atomic E-state index is 0.306. The third-order valence-electron chi connectivity index (χ3n) is 3.33. The SMILES string of the molecule is COC(=O)c1ccncc1Nc1ccc([Si](C)(C)C)cc1F. The Morgan fingerprint density at radius 3 is 2.55 bits per heavy atom. The van der Waals surface area contributed by atoms with Gasteiger partial charge in [-0.1, -0.05) is 30.9 Å². The number of rotatable bonds is 4. The van der Waals surface area contributed by atoms with Crippen LogP contribution in [-0.4, -0.2) is 26.1 Å². The summed E-state index contributed by atoms with van der Waals surface area (Å²) in [5, 5.41) is 3.95. The van der Waals surface area contributed by atoms with Crippen molar-refractivity contribution >= 4 is 30.6 Å². The van der Waals surface area contributed by atoms with E-state index in [1.807, 2.05) is 6.07 Å². The van der Waals surface area contributed by atoms with Crippen LogP contribution in [0, 0.1) is 5.82 Å². The highest BCUT2D eigenvalue weighted by molar-refractivity contribution is 6.88. The number of methoxy groups -OCH3 is 1. The van der Waals surface area contributed by atoms with Gasteiger partial charge in [-0.05, 0) is 18.2 Å². The molecule has 22 heavy (non-hydrogen) atoms. The Labute approximate surface area is 130 Å². The van der Waals surface area contributed by atoms with Crippen LogP contribution in [0.15, 0.2) is 36.7 Å². The smallest absolute Gasteiger partial charge is 0.340 e. The van der Waals surface area contributed by atoms with Gasteiger partial charge in [0.15, 0.2) is 0 Å². The fourth-order valence-corrected chi connectivity index (χ4v) is 3.15. The lowest BCUT2D eigenvalue weighted by Gasteiger charge is -2.18. The standard InChI is InChI=1S/C16H19FN2O2Si/c1-21-16(20)12-7-8-18-10-15(12)19-14-6-5-11(9-13(14)17)22(2,3)4/h5-10,19H,1-4H3. The summed E-state index contributed by atoms with van der Waals surface area (Å²) in [4.78, 5) is 15.7. The van der Waals surface area contributed by atoms with Crippen LogP contribution in [0.3, 0.4) is 0 Å². The Kier molecular flexibility index (Phi) is 4.61. The maximum absolute atomic E-state index is 14.3. The average Bonchev–Trinajstić information content (AvgIpc) is 2.48. The number of carbonyl (C=O) groups excluding carboxylic acids is 1. The molecule has 0 radical (unpaired) electrons. The fourth-order valence-electron chi connectivity index (χ4n) is 2.01. The first kappa shape index (κ1) is 16.2. The second-order valence-corrected chi connectivity index (χ2v) is 11.1. The summed E-state index contributed by atoms with van der Waals surface area (Å²) in [6.45, 7) is 6.47. The number of benzene rings is 1. The zero-order chi connectivity index (χ0) is 16.3. The lowest BCUT2D eigenvalue weighted by molar-refractivity contribution is 0.0602. The van der Waals surface area contributed by atoms with Crippen LogP contribution < -0.4 is 10.5 Å².